The van der Waals surface area contributed by atoms with Gasteiger partial charge in [0.25, 0.3) is 0 Å². The SMILES string of the molecule is CCCCN1C(=O)N[C@H](c2cccc(NC(=O)Nc3cccc(Cl)c3)c2)C(C(=O)OCC)=C1c1ccccc1. The summed E-state index contributed by atoms with van der Waals surface area (Å²) in [6.45, 7) is 4.43. The lowest BCUT2D eigenvalue weighted by Gasteiger charge is -2.37. The summed E-state index contributed by atoms with van der Waals surface area (Å²) in [7, 11) is 0. The number of nitrogens with one attached hydrogen (secondary N) is 3. The van der Waals surface area contributed by atoms with E-state index in [1.54, 1.807) is 60.4 Å². The van der Waals surface area contributed by atoms with Crippen LogP contribution in [0.5, 0.6) is 0 Å². The maximum Gasteiger partial charge on any atom is 0.338 e. The molecule has 3 aromatic rings. The Hall–Kier alpha value is -4.30. The first kappa shape index (κ1) is 27.7. The summed E-state index contributed by atoms with van der Waals surface area (Å²) in [5, 5.41) is 9.04. The van der Waals surface area contributed by atoms with Crippen molar-refractivity contribution in [2.24, 2.45) is 0 Å². The maximum absolute atomic E-state index is 13.4. The zero-order chi connectivity index (χ0) is 27.8. The monoisotopic (exact) mass is 546 g/mol. The summed E-state index contributed by atoms with van der Waals surface area (Å²) in [6, 6.07) is 21.6. The highest BCUT2D eigenvalue weighted by Crippen LogP contribution is 2.37. The Labute approximate surface area is 233 Å². The van der Waals surface area contributed by atoms with Crippen LogP contribution in [0.15, 0.2) is 84.4 Å². The first-order chi connectivity index (χ1) is 18.9. The number of halogens is 1. The molecule has 1 aliphatic rings. The van der Waals surface area contributed by atoms with Crippen molar-refractivity contribution < 1.29 is 19.1 Å². The molecule has 1 heterocycles. The molecule has 4 rings (SSSR count). The van der Waals surface area contributed by atoms with E-state index in [4.69, 9.17) is 16.3 Å². The summed E-state index contributed by atoms with van der Waals surface area (Å²) in [6.07, 6.45) is 1.65. The normalized spacial score (nSPS) is 15.0. The van der Waals surface area contributed by atoms with Gasteiger partial charge >= 0.3 is 18.0 Å². The fourth-order valence-corrected chi connectivity index (χ4v) is 4.61. The average Bonchev–Trinajstić information content (AvgIpc) is 2.92. The minimum atomic E-state index is -0.789. The highest BCUT2D eigenvalue weighted by atomic mass is 35.5. The minimum absolute atomic E-state index is 0.186. The van der Waals surface area contributed by atoms with Gasteiger partial charge in [0, 0.05) is 22.9 Å². The Morgan fingerprint density at radius 3 is 2.31 bits per heavy atom. The van der Waals surface area contributed by atoms with E-state index >= 15 is 0 Å². The van der Waals surface area contributed by atoms with E-state index in [-0.39, 0.29) is 12.6 Å². The zero-order valence-corrected chi connectivity index (χ0v) is 22.6. The molecule has 1 aliphatic heterocycles. The summed E-state index contributed by atoms with van der Waals surface area (Å²) < 4.78 is 5.48. The molecule has 39 heavy (non-hydrogen) atoms. The van der Waals surface area contributed by atoms with Gasteiger partial charge in [-0.1, -0.05) is 73.5 Å². The molecule has 0 saturated heterocycles. The van der Waals surface area contributed by atoms with Gasteiger partial charge in [-0.3, -0.25) is 4.90 Å². The van der Waals surface area contributed by atoms with Crippen LogP contribution >= 0.6 is 11.6 Å². The van der Waals surface area contributed by atoms with Gasteiger partial charge in [-0.05, 0) is 54.8 Å². The maximum atomic E-state index is 13.4. The molecule has 0 radical (unpaired) electrons. The predicted octanol–water partition coefficient (Wildman–Crippen LogP) is 6.82. The van der Waals surface area contributed by atoms with Crippen molar-refractivity contribution in [2.45, 2.75) is 32.7 Å². The number of benzene rings is 3. The number of unbranched alkanes of at least 4 members (excludes halogenated alkanes) is 1. The average molecular weight is 547 g/mol. The van der Waals surface area contributed by atoms with Crippen LogP contribution in [0, 0.1) is 0 Å². The van der Waals surface area contributed by atoms with Gasteiger partial charge in [0.05, 0.1) is 23.9 Å². The van der Waals surface area contributed by atoms with Crippen LogP contribution in [-0.2, 0) is 9.53 Å². The molecular weight excluding hydrogens is 516 g/mol. The Morgan fingerprint density at radius 1 is 0.949 bits per heavy atom. The van der Waals surface area contributed by atoms with Gasteiger partial charge < -0.3 is 20.7 Å². The van der Waals surface area contributed by atoms with Crippen LogP contribution < -0.4 is 16.0 Å². The number of carbonyl (C=O) groups excluding carboxylic acids is 3. The molecule has 0 saturated carbocycles. The Morgan fingerprint density at radius 2 is 1.64 bits per heavy atom. The van der Waals surface area contributed by atoms with Crippen LogP contribution in [0.4, 0.5) is 21.0 Å². The summed E-state index contributed by atoms with van der Waals surface area (Å²) >= 11 is 6.01. The van der Waals surface area contributed by atoms with Crippen molar-refractivity contribution in [3.8, 4) is 0 Å². The first-order valence-corrected chi connectivity index (χ1v) is 13.3. The lowest BCUT2D eigenvalue weighted by Crippen LogP contribution is -2.48. The minimum Gasteiger partial charge on any atom is -0.463 e. The van der Waals surface area contributed by atoms with Crippen molar-refractivity contribution in [3.05, 3.63) is 101 Å². The molecule has 0 aliphatic carbocycles. The molecule has 202 valence electrons. The molecule has 0 aromatic heterocycles. The number of hydrogen-bond donors (Lipinski definition) is 3. The van der Waals surface area contributed by atoms with Crippen molar-refractivity contribution in [2.75, 3.05) is 23.8 Å². The number of ether oxygens (including phenoxy) is 1. The third-order valence-corrected chi connectivity index (χ3v) is 6.40. The van der Waals surface area contributed by atoms with Crippen molar-refractivity contribution >= 4 is 46.7 Å². The van der Waals surface area contributed by atoms with Gasteiger partial charge in [-0.2, -0.15) is 0 Å². The molecule has 3 N–H and O–H groups in total. The zero-order valence-electron chi connectivity index (χ0n) is 21.9. The quantitative estimate of drug-likeness (QED) is 0.256. The lowest BCUT2D eigenvalue weighted by atomic mass is 9.91. The Kier molecular flexibility index (Phi) is 9.22. The molecule has 3 aromatic carbocycles. The van der Waals surface area contributed by atoms with E-state index in [1.165, 1.54) is 0 Å². The molecule has 0 spiro atoms. The second kappa shape index (κ2) is 13.0. The summed E-state index contributed by atoms with van der Waals surface area (Å²) in [5.41, 5.74) is 3.25. The predicted molar refractivity (Wildman–Crippen MR) is 153 cm³/mol. The number of anilines is 2. The van der Waals surface area contributed by atoms with Gasteiger partial charge in [0.1, 0.15) is 0 Å². The van der Waals surface area contributed by atoms with Gasteiger partial charge in [-0.15, -0.1) is 0 Å². The van der Waals surface area contributed by atoms with E-state index in [0.717, 1.165) is 18.4 Å². The number of amides is 4. The van der Waals surface area contributed by atoms with Gasteiger partial charge in [0.15, 0.2) is 0 Å². The third kappa shape index (κ3) is 6.78. The number of rotatable bonds is 9. The molecule has 9 heteroatoms. The summed E-state index contributed by atoms with van der Waals surface area (Å²) in [4.78, 5) is 41.1. The second-order valence-electron chi connectivity index (χ2n) is 8.95. The molecule has 0 fully saturated rings. The largest absolute Gasteiger partial charge is 0.463 e. The standard InChI is InChI=1S/C30H31ClN4O4/c1-3-5-17-35-27(20-11-7-6-8-12-20)25(28(36)39-4-2)26(34-30(35)38)21-13-9-15-23(18-21)32-29(37)33-24-16-10-14-22(31)19-24/h6-16,18-19,26H,3-5,17H2,1-2H3,(H,34,38)(H2,32,33,37)/t26-/m1/s1. The van der Waals surface area contributed by atoms with Crippen LogP contribution in [0.3, 0.4) is 0 Å². The van der Waals surface area contributed by atoms with E-state index in [2.05, 4.69) is 16.0 Å². The fourth-order valence-electron chi connectivity index (χ4n) is 4.42. The van der Waals surface area contributed by atoms with Gasteiger partial charge in [0.2, 0.25) is 0 Å². The highest BCUT2D eigenvalue weighted by Gasteiger charge is 2.38. The van der Waals surface area contributed by atoms with E-state index < -0.39 is 18.0 Å². The van der Waals surface area contributed by atoms with Gasteiger partial charge in [-0.25, -0.2) is 14.4 Å². The topological polar surface area (TPSA) is 99.8 Å². The van der Waals surface area contributed by atoms with Crippen molar-refractivity contribution in [1.29, 1.82) is 0 Å². The number of carbonyl (C=O) groups is 3. The number of urea groups is 2. The van der Waals surface area contributed by atoms with Crippen molar-refractivity contribution in [1.82, 2.24) is 10.2 Å². The molecule has 0 bridgehead atoms. The van der Waals surface area contributed by atoms with Crippen LogP contribution in [0.2, 0.25) is 5.02 Å². The van der Waals surface area contributed by atoms with Crippen LogP contribution in [0.1, 0.15) is 43.9 Å². The number of nitrogens with zero attached hydrogens (tertiary/aromatic N) is 1. The Bertz CT molecular complexity index is 1380. The van der Waals surface area contributed by atoms with E-state index in [0.29, 0.717) is 39.8 Å². The fraction of sp³-hybridized carbons (Fsp3) is 0.233. The molecule has 4 amide bonds. The molecule has 0 unspecified atom stereocenters. The van der Waals surface area contributed by atoms with Crippen molar-refractivity contribution in [3.63, 3.8) is 0 Å². The number of esters is 1. The third-order valence-electron chi connectivity index (χ3n) is 6.16. The molecular formula is C30H31ClN4O4. The first-order valence-electron chi connectivity index (χ1n) is 12.9. The van der Waals surface area contributed by atoms with E-state index in [9.17, 15) is 14.4 Å². The van der Waals surface area contributed by atoms with E-state index in [1.807, 2.05) is 37.3 Å². The lowest BCUT2D eigenvalue weighted by molar-refractivity contribution is -0.138. The highest BCUT2D eigenvalue weighted by molar-refractivity contribution is 6.30. The smallest absolute Gasteiger partial charge is 0.338 e. The second-order valence-corrected chi connectivity index (χ2v) is 9.39. The molecule has 8 nitrogen and oxygen atoms in total. The Balaban J connectivity index is 1.72. The van der Waals surface area contributed by atoms with Crippen LogP contribution in [0.25, 0.3) is 5.70 Å². The number of hydrogen-bond acceptors (Lipinski definition) is 4. The van der Waals surface area contributed by atoms with Crippen LogP contribution in [-0.4, -0.2) is 36.1 Å². The molecule has 1 atom stereocenters. The summed E-state index contributed by atoms with van der Waals surface area (Å²) in [5.74, 6) is -0.514.